The number of hydrogen-bond donors (Lipinski definition) is 0. The number of ether oxygens (including phenoxy) is 1. The van der Waals surface area contributed by atoms with Gasteiger partial charge in [-0.1, -0.05) is 6.07 Å². The van der Waals surface area contributed by atoms with E-state index in [4.69, 9.17) is 4.74 Å². The lowest BCUT2D eigenvalue weighted by atomic mass is 10.2. The summed E-state index contributed by atoms with van der Waals surface area (Å²) >= 11 is 0. The molecule has 0 saturated carbocycles. The first-order valence-corrected chi connectivity index (χ1v) is 7.85. The molecule has 2 aromatic rings. The zero-order valence-electron chi connectivity index (χ0n) is 13.6. The molecule has 24 heavy (non-hydrogen) atoms. The van der Waals surface area contributed by atoms with Gasteiger partial charge in [0.05, 0.1) is 7.11 Å². The number of amides is 1. The van der Waals surface area contributed by atoms with E-state index in [1.807, 2.05) is 24.3 Å². The first kappa shape index (κ1) is 16.0. The van der Waals surface area contributed by atoms with Crippen molar-refractivity contribution in [3.63, 3.8) is 0 Å². The van der Waals surface area contributed by atoms with Crippen LogP contribution in [-0.4, -0.2) is 53.6 Å². The fourth-order valence-electron chi connectivity index (χ4n) is 2.77. The van der Waals surface area contributed by atoms with Gasteiger partial charge in [0.25, 0.3) is 0 Å². The second-order valence-corrected chi connectivity index (χ2v) is 5.60. The number of piperazine rings is 1. The van der Waals surface area contributed by atoms with E-state index in [0.717, 1.165) is 24.5 Å². The molecule has 3 rings (SSSR count). The van der Waals surface area contributed by atoms with Crippen molar-refractivity contribution < 1.29 is 9.53 Å². The smallest absolute Gasteiger partial charge is 0.347 e. The summed E-state index contributed by atoms with van der Waals surface area (Å²) in [6, 6.07) is 9.55. The quantitative estimate of drug-likeness (QED) is 0.822. The third-order valence-corrected chi connectivity index (χ3v) is 4.14. The van der Waals surface area contributed by atoms with Crippen LogP contribution in [0.2, 0.25) is 0 Å². The summed E-state index contributed by atoms with van der Waals surface area (Å²) in [6.07, 6.45) is 3.01. The number of anilines is 1. The Labute approximate surface area is 140 Å². The Morgan fingerprint density at radius 3 is 2.71 bits per heavy atom. The molecule has 1 amide bonds. The van der Waals surface area contributed by atoms with Crippen LogP contribution < -0.4 is 15.3 Å². The van der Waals surface area contributed by atoms with Crippen LogP contribution in [0.15, 0.2) is 47.5 Å². The minimum Gasteiger partial charge on any atom is -0.497 e. The van der Waals surface area contributed by atoms with Crippen LogP contribution in [0.4, 0.5) is 5.69 Å². The molecule has 1 fully saturated rings. The predicted octanol–water partition coefficient (Wildman–Crippen LogP) is 0.601. The van der Waals surface area contributed by atoms with Gasteiger partial charge in [-0.3, -0.25) is 9.36 Å². The molecule has 1 aromatic carbocycles. The molecule has 0 N–H and O–H groups in total. The van der Waals surface area contributed by atoms with Gasteiger partial charge in [0.2, 0.25) is 5.91 Å². The van der Waals surface area contributed by atoms with Crippen LogP contribution in [0.25, 0.3) is 0 Å². The van der Waals surface area contributed by atoms with E-state index in [-0.39, 0.29) is 12.5 Å². The highest BCUT2D eigenvalue weighted by Crippen LogP contribution is 2.22. The zero-order valence-corrected chi connectivity index (χ0v) is 13.6. The minimum atomic E-state index is -0.402. The Balaban J connectivity index is 1.59. The fraction of sp³-hybridized carbons (Fsp3) is 0.353. The normalized spacial score (nSPS) is 14.5. The molecule has 0 aliphatic carbocycles. The standard InChI is InChI=1S/C17H20N4O3/c1-24-15-5-2-4-14(12-15)19-8-10-20(11-9-19)16(22)13-21-7-3-6-18-17(21)23/h2-7,12H,8-11,13H2,1H3. The maximum Gasteiger partial charge on any atom is 0.347 e. The number of nitrogens with zero attached hydrogens (tertiary/aromatic N) is 4. The first-order chi connectivity index (χ1) is 11.7. The second kappa shape index (κ2) is 7.16. The molecule has 2 heterocycles. The Kier molecular flexibility index (Phi) is 4.79. The molecule has 0 unspecified atom stereocenters. The molecule has 0 radical (unpaired) electrons. The van der Waals surface area contributed by atoms with Crippen molar-refractivity contribution in [2.75, 3.05) is 38.2 Å². The van der Waals surface area contributed by atoms with Crippen LogP contribution in [-0.2, 0) is 11.3 Å². The third-order valence-electron chi connectivity index (χ3n) is 4.14. The van der Waals surface area contributed by atoms with Crippen molar-refractivity contribution in [1.29, 1.82) is 0 Å². The van der Waals surface area contributed by atoms with Crippen molar-refractivity contribution in [3.8, 4) is 5.75 Å². The topological polar surface area (TPSA) is 67.7 Å². The van der Waals surface area contributed by atoms with E-state index in [0.29, 0.717) is 13.1 Å². The number of aromatic nitrogens is 2. The van der Waals surface area contributed by atoms with Gasteiger partial charge in [0, 0.05) is 50.3 Å². The van der Waals surface area contributed by atoms with Gasteiger partial charge in [-0.2, -0.15) is 0 Å². The van der Waals surface area contributed by atoms with Crippen molar-refractivity contribution in [1.82, 2.24) is 14.5 Å². The highest BCUT2D eigenvalue weighted by Gasteiger charge is 2.21. The summed E-state index contributed by atoms with van der Waals surface area (Å²) in [5.74, 6) is 0.761. The molecule has 0 atom stereocenters. The van der Waals surface area contributed by atoms with Crippen molar-refractivity contribution in [3.05, 3.63) is 53.2 Å². The molecule has 1 aliphatic rings. The van der Waals surface area contributed by atoms with Gasteiger partial charge in [0.1, 0.15) is 12.3 Å². The van der Waals surface area contributed by atoms with Crippen LogP contribution in [0.5, 0.6) is 5.75 Å². The summed E-state index contributed by atoms with van der Waals surface area (Å²) < 4.78 is 6.58. The number of methoxy groups -OCH3 is 1. The van der Waals surface area contributed by atoms with E-state index >= 15 is 0 Å². The van der Waals surface area contributed by atoms with Crippen LogP contribution in [0, 0.1) is 0 Å². The molecule has 7 nitrogen and oxygen atoms in total. The lowest BCUT2D eigenvalue weighted by molar-refractivity contribution is -0.132. The van der Waals surface area contributed by atoms with Gasteiger partial charge in [-0.25, -0.2) is 9.78 Å². The third kappa shape index (κ3) is 3.56. The molecular weight excluding hydrogens is 308 g/mol. The Bertz CT molecular complexity index is 766. The monoisotopic (exact) mass is 328 g/mol. The van der Waals surface area contributed by atoms with Crippen LogP contribution in [0.3, 0.4) is 0 Å². The lowest BCUT2D eigenvalue weighted by Gasteiger charge is -2.36. The van der Waals surface area contributed by atoms with Gasteiger partial charge < -0.3 is 14.5 Å². The van der Waals surface area contributed by atoms with Gasteiger partial charge in [-0.15, -0.1) is 0 Å². The fourth-order valence-corrected chi connectivity index (χ4v) is 2.77. The number of carbonyl (C=O) groups excluding carboxylic acids is 1. The average Bonchev–Trinajstić information content (AvgIpc) is 2.64. The van der Waals surface area contributed by atoms with E-state index in [1.54, 1.807) is 24.3 Å². The lowest BCUT2D eigenvalue weighted by Crippen LogP contribution is -2.50. The molecule has 0 spiro atoms. The van der Waals surface area contributed by atoms with Crippen LogP contribution >= 0.6 is 0 Å². The summed E-state index contributed by atoms with van der Waals surface area (Å²) in [5, 5.41) is 0. The zero-order chi connectivity index (χ0) is 16.9. The highest BCUT2D eigenvalue weighted by atomic mass is 16.5. The van der Waals surface area contributed by atoms with Gasteiger partial charge >= 0.3 is 5.69 Å². The van der Waals surface area contributed by atoms with E-state index < -0.39 is 5.69 Å². The maximum atomic E-state index is 12.4. The number of benzene rings is 1. The Morgan fingerprint density at radius 2 is 2.00 bits per heavy atom. The van der Waals surface area contributed by atoms with E-state index in [1.165, 1.54) is 10.8 Å². The van der Waals surface area contributed by atoms with Crippen molar-refractivity contribution in [2.45, 2.75) is 6.54 Å². The second-order valence-electron chi connectivity index (χ2n) is 5.60. The van der Waals surface area contributed by atoms with Crippen LogP contribution in [0.1, 0.15) is 0 Å². The molecule has 1 aromatic heterocycles. The first-order valence-electron chi connectivity index (χ1n) is 7.85. The molecule has 1 saturated heterocycles. The molecule has 0 bridgehead atoms. The summed E-state index contributed by atoms with van der Waals surface area (Å²) in [4.78, 5) is 31.6. The Morgan fingerprint density at radius 1 is 1.21 bits per heavy atom. The Hall–Kier alpha value is -2.83. The van der Waals surface area contributed by atoms with E-state index in [2.05, 4.69) is 9.88 Å². The predicted molar refractivity (Wildman–Crippen MR) is 90.3 cm³/mol. The van der Waals surface area contributed by atoms with Gasteiger partial charge in [0.15, 0.2) is 0 Å². The SMILES string of the molecule is COc1cccc(N2CCN(C(=O)Cn3cccnc3=O)CC2)c1. The highest BCUT2D eigenvalue weighted by molar-refractivity contribution is 5.76. The number of hydrogen-bond acceptors (Lipinski definition) is 5. The number of rotatable bonds is 4. The molecule has 126 valence electrons. The average molecular weight is 328 g/mol. The number of carbonyl (C=O) groups is 1. The van der Waals surface area contributed by atoms with Gasteiger partial charge in [-0.05, 0) is 18.2 Å². The maximum absolute atomic E-state index is 12.4. The van der Waals surface area contributed by atoms with E-state index in [9.17, 15) is 9.59 Å². The largest absolute Gasteiger partial charge is 0.497 e. The summed E-state index contributed by atoms with van der Waals surface area (Å²) in [5.41, 5.74) is 0.686. The summed E-state index contributed by atoms with van der Waals surface area (Å²) in [7, 11) is 1.65. The minimum absolute atomic E-state index is 0.0336. The van der Waals surface area contributed by atoms with Crippen molar-refractivity contribution in [2.24, 2.45) is 0 Å². The van der Waals surface area contributed by atoms with Crippen molar-refractivity contribution >= 4 is 11.6 Å². The molecule has 7 heteroatoms. The molecule has 1 aliphatic heterocycles. The molecular formula is C17H20N4O3. The summed E-state index contributed by atoms with van der Waals surface area (Å²) in [6.45, 7) is 2.80.